The molecule has 4 rings (SSSR count). The molecule has 0 unspecified atom stereocenters. The molecule has 0 spiro atoms. The molecule has 0 aliphatic carbocycles. The maximum Gasteiger partial charge on any atom is 0.322 e. The lowest BCUT2D eigenvalue weighted by Gasteiger charge is -2.09. The third-order valence-electron chi connectivity index (χ3n) is 4.68. The van der Waals surface area contributed by atoms with Crippen LogP contribution in [0.2, 0.25) is 0 Å². The molecule has 33 heavy (non-hydrogen) atoms. The van der Waals surface area contributed by atoms with E-state index in [4.69, 9.17) is 18.6 Å². The summed E-state index contributed by atoms with van der Waals surface area (Å²) < 4.78 is 21.4. The van der Waals surface area contributed by atoms with Gasteiger partial charge in [-0.25, -0.2) is 0 Å². The number of amides is 1. The second-order valence-corrected chi connectivity index (χ2v) is 7.12. The molecule has 3 aromatic rings. The number of hydrogen-bond acceptors (Lipinski definition) is 9. The maximum atomic E-state index is 12.4. The summed E-state index contributed by atoms with van der Waals surface area (Å²) in [6, 6.07) is 13.9. The second-order valence-electron chi connectivity index (χ2n) is 7.12. The predicted molar refractivity (Wildman–Crippen MR) is 115 cm³/mol. The number of carbonyl (C=O) groups excluding carboxylic acids is 3. The molecule has 0 fully saturated rings. The number of rotatable bonds is 8. The Bertz CT molecular complexity index is 1140. The molecule has 2 heterocycles. The van der Waals surface area contributed by atoms with Crippen LogP contribution in [0.3, 0.4) is 0 Å². The average molecular weight is 451 g/mol. The van der Waals surface area contributed by atoms with Gasteiger partial charge in [0.15, 0.2) is 23.9 Å². The first kappa shape index (κ1) is 22.0. The number of hydrogen-bond donors (Lipinski definition) is 1. The molecule has 1 amide bonds. The summed E-state index contributed by atoms with van der Waals surface area (Å²) in [7, 11) is 0. The Morgan fingerprint density at radius 3 is 2.55 bits per heavy atom. The highest BCUT2D eigenvalue weighted by Crippen LogP contribution is 2.30. The molecule has 0 saturated heterocycles. The molecular weight excluding hydrogens is 430 g/mol. The van der Waals surface area contributed by atoms with Crippen LogP contribution >= 0.6 is 0 Å². The largest absolute Gasteiger partial charge is 0.490 e. The van der Waals surface area contributed by atoms with E-state index in [1.54, 1.807) is 30.3 Å². The van der Waals surface area contributed by atoms with E-state index >= 15 is 0 Å². The Balaban J connectivity index is 1.21. The van der Waals surface area contributed by atoms with Gasteiger partial charge < -0.3 is 18.6 Å². The molecule has 1 aromatic heterocycles. The minimum atomic E-state index is -0.677. The van der Waals surface area contributed by atoms with E-state index in [1.165, 1.54) is 0 Å². The predicted octanol–water partition coefficient (Wildman–Crippen LogP) is 3.04. The monoisotopic (exact) mass is 451 g/mol. The van der Waals surface area contributed by atoms with Crippen molar-refractivity contribution in [3.05, 3.63) is 54.1 Å². The van der Waals surface area contributed by atoms with Crippen molar-refractivity contribution < 1.29 is 33.0 Å². The van der Waals surface area contributed by atoms with Crippen molar-refractivity contribution in [2.45, 2.75) is 19.3 Å². The van der Waals surface area contributed by atoms with Crippen molar-refractivity contribution in [2.75, 3.05) is 25.1 Å². The zero-order valence-electron chi connectivity index (χ0n) is 17.6. The molecule has 1 aliphatic rings. The fraction of sp³-hybridized carbons (Fsp3) is 0.261. The van der Waals surface area contributed by atoms with Crippen LogP contribution in [0.4, 0.5) is 6.01 Å². The number of aromatic nitrogens is 2. The van der Waals surface area contributed by atoms with Crippen LogP contribution in [-0.4, -0.2) is 47.7 Å². The first-order valence-corrected chi connectivity index (χ1v) is 10.4. The summed E-state index contributed by atoms with van der Waals surface area (Å²) in [6.07, 6.45) is 0.529. The van der Waals surface area contributed by atoms with E-state index in [2.05, 4.69) is 15.5 Å². The van der Waals surface area contributed by atoms with E-state index in [0.29, 0.717) is 35.8 Å². The lowest BCUT2D eigenvalue weighted by molar-refractivity contribution is -0.147. The maximum absolute atomic E-state index is 12.4. The van der Waals surface area contributed by atoms with Crippen molar-refractivity contribution >= 4 is 23.7 Å². The van der Waals surface area contributed by atoms with E-state index < -0.39 is 18.5 Å². The van der Waals surface area contributed by atoms with Crippen LogP contribution in [-0.2, 0) is 14.3 Å². The Kier molecular flexibility index (Phi) is 6.93. The third-order valence-corrected chi connectivity index (χ3v) is 4.68. The lowest BCUT2D eigenvalue weighted by atomic mass is 10.1. The third kappa shape index (κ3) is 5.94. The average Bonchev–Trinajstić information content (AvgIpc) is 3.17. The molecule has 1 N–H and O–H groups in total. The minimum absolute atomic E-state index is 0.0653. The highest BCUT2D eigenvalue weighted by molar-refractivity contribution is 5.98. The normalized spacial score (nSPS) is 12.5. The highest BCUT2D eigenvalue weighted by Gasteiger charge is 2.17. The molecule has 0 atom stereocenters. The molecular formula is C23H21N3O7. The summed E-state index contributed by atoms with van der Waals surface area (Å²) >= 11 is 0. The first-order valence-electron chi connectivity index (χ1n) is 10.4. The lowest BCUT2D eigenvalue weighted by Crippen LogP contribution is -2.21. The van der Waals surface area contributed by atoms with Gasteiger partial charge in [0.2, 0.25) is 5.89 Å². The van der Waals surface area contributed by atoms with Crippen molar-refractivity contribution in [1.82, 2.24) is 10.2 Å². The van der Waals surface area contributed by atoms with E-state index in [9.17, 15) is 14.4 Å². The van der Waals surface area contributed by atoms with Gasteiger partial charge in [0.05, 0.1) is 19.6 Å². The second kappa shape index (κ2) is 10.4. The fourth-order valence-electron chi connectivity index (χ4n) is 3.04. The quantitative estimate of drug-likeness (QED) is 0.406. The van der Waals surface area contributed by atoms with E-state index in [-0.39, 0.29) is 30.5 Å². The van der Waals surface area contributed by atoms with Gasteiger partial charge >= 0.3 is 12.0 Å². The molecule has 0 radical (unpaired) electrons. The van der Waals surface area contributed by atoms with Crippen LogP contribution in [0.1, 0.15) is 29.6 Å². The Labute approximate surface area is 188 Å². The van der Waals surface area contributed by atoms with Crippen LogP contribution in [0, 0.1) is 0 Å². The molecule has 0 saturated carbocycles. The number of ketones is 1. The zero-order valence-corrected chi connectivity index (χ0v) is 17.6. The first-order chi connectivity index (χ1) is 16.1. The molecule has 1 aliphatic heterocycles. The van der Waals surface area contributed by atoms with Gasteiger partial charge in [-0.05, 0) is 30.3 Å². The minimum Gasteiger partial charge on any atom is -0.490 e. The standard InChI is InChI=1S/C23H21N3O7/c27-17(16-7-9-18-19(13-16)31-12-4-11-30-18)8-10-21(29)32-14-20(28)24-23-26-25-22(33-23)15-5-2-1-3-6-15/h1-3,5-7,9,13H,4,8,10-12,14H2,(H,24,26,28). The molecule has 10 heteroatoms. The number of anilines is 1. The Morgan fingerprint density at radius 1 is 0.939 bits per heavy atom. The van der Waals surface area contributed by atoms with Crippen molar-refractivity contribution in [1.29, 1.82) is 0 Å². The summed E-state index contributed by atoms with van der Waals surface area (Å²) in [4.78, 5) is 36.3. The summed E-state index contributed by atoms with van der Waals surface area (Å²) in [5.74, 6) is -0.215. The Hall–Kier alpha value is -4.21. The number of nitrogens with zero attached hydrogens (tertiary/aromatic N) is 2. The molecule has 2 aromatic carbocycles. The zero-order chi connectivity index (χ0) is 23.0. The van der Waals surface area contributed by atoms with Gasteiger partial charge in [0.1, 0.15) is 0 Å². The molecule has 0 bridgehead atoms. The van der Waals surface area contributed by atoms with Gasteiger partial charge in [-0.2, -0.15) is 0 Å². The van der Waals surface area contributed by atoms with Crippen LogP contribution < -0.4 is 14.8 Å². The Morgan fingerprint density at radius 2 is 1.73 bits per heavy atom. The number of fused-ring (bicyclic) bond motifs is 1. The fourth-order valence-corrected chi connectivity index (χ4v) is 3.04. The number of Topliss-reactive ketones (excluding diaryl/α,β-unsaturated/α-hetero) is 1. The summed E-state index contributed by atoms with van der Waals surface area (Å²) in [5, 5.41) is 9.95. The number of carbonyl (C=O) groups is 3. The summed E-state index contributed by atoms with van der Waals surface area (Å²) in [6.45, 7) is 0.524. The van der Waals surface area contributed by atoms with Gasteiger partial charge in [-0.3, -0.25) is 19.7 Å². The van der Waals surface area contributed by atoms with Gasteiger partial charge in [0.25, 0.3) is 5.91 Å². The van der Waals surface area contributed by atoms with Crippen LogP contribution in [0.15, 0.2) is 52.9 Å². The van der Waals surface area contributed by atoms with E-state index in [0.717, 1.165) is 6.42 Å². The van der Waals surface area contributed by atoms with Crippen LogP contribution in [0.25, 0.3) is 11.5 Å². The van der Waals surface area contributed by atoms with E-state index in [1.807, 2.05) is 18.2 Å². The van der Waals surface area contributed by atoms with Gasteiger partial charge in [-0.15, -0.1) is 5.10 Å². The van der Waals surface area contributed by atoms with Gasteiger partial charge in [0, 0.05) is 24.0 Å². The number of nitrogens with one attached hydrogen (secondary N) is 1. The highest BCUT2D eigenvalue weighted by atomic mass is 16.5. The number of benzene rings is 2. The number of ether oxygens (including phenoxy) is 3. The smallest absolute Gasteiger partial charge is 0.322 e. The summed E-state index contributed by atoms with van der Waals surface area (Å²) in [5.41, 5.74) is 1.12. The van der Waals surface area contributed by atoms with Gasteiger partial charge in [-0.1, -0.05) is 23.3 Å². The van der Waals surface area contributed by atoms with Crippen molar-refractivity contribution in [2.24, 2.45) is 0 Å². The number of esters is 1. The molecule has 10 nitrogen and oxygen atoms in total. The van der Waals surface area contributed by atoms with Crippen molar-refractivity contribution in [3.63, 3.8) is 0 Å². The topological polar surface area (TPSA) is 130 Å². The molecule has 170 valence electrons. The SMILES string of the molecule is O=C(COC(=O)CCC(=O)c1ccc2c(c1)OCCCO2)Nc1nnc(-c2ccccc2)o1. The van der Waals surface area contributed by atoms with Crippen molar-refractivity contribution in [3.8, 4) is 23.0 Å². The van der Waals surface area contributed by atoms with Crippen LogP contribution in [0.5, 0.6) is 11.5 Å².